The number of carbonyl (C=O) groups is 1. The van der Waals surface area contributed by atoms with E-state index in [0.717, 1.165) is 17.7 Å². The Bertz CT molecular complexity index is 600. The summed E-state index contributed by atoms with van der Waals surface area (Å²) in [5.74, 6) is -1.00. The summed E-state index contributed by atoms with van der Waals surface area (Å²) in [4.78, 5) is 10.9. The van der Waals surface area contributed by atoms with Crippen LogP contribution in [0.2, 0.25) is 0 Å². The lowest BCUT2D eigenvalue weighted by molar-refractivity contribution is 0.0689. The summed E-state index contributed by atoms with van der Waals surface area (Å²) < 4.78 is 1.60. The molecule has 2 aromatic rings. The SMILES string of the molecule is CCc1cc(-c2cc(C(=O)O)nn2C)ccc1C. The van der Waals surface area contributed by atoms with E-state index in [0.29, 0.717) is 0 Å². The molecule has 2 rings (SSSR count). The van der Waals surface area contributed by atoms with Crippen molar-refractivity contribution >= 4 is 5.97 Å². The average Bonchev–Trinajstić information content (AvgIpc) is 2.72. The number of carboxylic acids is 1. The fraction of sp³-hybridized carbons (Fsp3) is 0.286. The van der Waals surface area contributed by atoms with Gasteiger partial charge in [0.25, 0.3) is 0 Å². The molecule has 0 aliphatic heterocycles. The summed E-state index contributed by atoms with van der Waals surface area (Å²) in [7, 11) is 1.76. The van der Waals surface area contributed by atoms with Crippen LogP contribution in [0, 0.1) is 6.92 Å². The van der Waals surface area contributed by atoms with Crippen LogP contribution in [-0.4, -0.2) is 20.9 Å². The van der Waals surface area contributed by atoms with E-state index in [1.807, 2.05) is 6.07 Å². The molecule has 0 amide bonds. The fourth-order valence-electron chi connectivity index (χ4n) is 2.05. The highest BCUT2D eigenvalue weighted by molar-refractivity contribution is 5.87. The molecule has 0 radical (unpaired) electrons. The van der Waals surface area contributed by atoms with E-state index in [9.17, 15) is 4.79 Å². The number of rotatable bonds is 3. The monoisotopic (exact) mass is 244 g/mol. The van der Waals surface area contributed by atoms with Crippen molar-refractivity contribution < 1.29 is 9.90 Å². The van der Waals surface area contributed by atoms with Crippen LogP contribution in [0.5, 0.6) is 0 Å². The van der Waals surface area contributed by atoms with Crippen LogP contribution in [0.15, 0.2) is 24.3 Å². The molecule has 1 N–H and O–H groups in total. The number of carboxylic acid groups (broad SMARTS) is 1. The zero-order chi connectivity index (χ0) is 13.3. The van der Waals surface area contributed by atoms with Crippen LogP contribution in [0.1, 0.15) is 28.5 Å². The largest absolute Gasteiger partial charge is 0.476 e. The second-order valence-electron chi connectivity index (χ2n) is 4.34. The summed E-state index contributed by atoms with van der Waals surface area (Å²) in [5, 5.41) is 12.9. The smallest absolute Gasteiger partial charge is 0.356 e. The van der Waals surface area contributed by atoms with E-state index in [1.165, 1.54) is 11.1 Å². The minimum atomic E-state index is -1.00. The summed E-state index contributed by atoms with van der Waals surface area (Å²) in [5.41, 5.74) is 4.42. The standard InChI is InChI=1S/C14H16N2O2/c1-4-10-7-11(6-5-9(10)2)13-8-12(14(17)18)15-16(13)3/h5-8H,4H2,1-3H3,(H,17,18). The Labute approximate surface area is 106 Å². The van der Waals surface area contributed by atoms with Crippen LogP contribution < -0.4 is 0 Å². The molecule has 0 saturated heterocycles. The van der Waals surface area contributed by atoms with Gasteiger partial charge in [0.05, 0.1) is 5.69 Å². The fourth-order valence-corrected chi connectivity index (χ4v) is 2.05. The maximum atomic E-state index is 10.9. The topological polar surface area (TPSA) is 55.1 Å². The Kier molecular flexibility index (Phi) is 3.19. The zero-order valence-electron chi connectivity index (χ0n) is 10.8. The van der Waals surface area contributed by atoms with Crippen LogP contribution in [-0.2, 0) is 13.5 Å². The lowest BCUT2D eigenvalue weighted by atomic mass is 10.0. The molecule has 4 nitrogen and oxygen atoms in total. The minimum Gasteiger partial charge on any atom is -0.476 e. The van der Waals surface area contributed by atoms with Crippen LogP contribution in [0.4, 0.5) is 0 Å². The van der Waals surface area contributed by atoms with Gasteiger partial charge in [-0.15, -0.1) is 0 Å². The Morgan fingerprint density at radius 3 is 2.67 bits per heavy atom. The third-order valence-corrected chi connectivity index (χ3v) is 3.12. The predicted molar refractivity (Wildman–Crippen MR) is 69.7 cm³/mol. The number of aryl methyl sites for hydroxylation is 3. The van der Waals surface area contributed by atoms with Gasteiger partial charge >= 0.3 is 5.97 Å². The normalized spacial score (nSPS) is 10.6. The van der Waals surface area contributed by atoms with Crippen LogP contribution in [0.25, 0.3) is 11.3 Å². The van der Waals surface area contributed by atoms with Gasteiger partial charge in [-0.1, -0.05) is 19.1 Å². The minimum absolute atomic E-state index is 0.0751. The Morgan fingerprint density at radius 1 is 1.39 bits per heavy atom. The van der Waals surface area contributed by atoms with Crippen LogP contribution >= 0.6 is 0 Å². The number of hydrogen-bond donors (Lipinski definition) is 1. The molecule has 0 atom stereocenters. The van der Waals surface area contributed by atoms with Gasteiger partial charge in [0.15, 0.2) is 5.69 Å². The first-order valence-corrected chi connectivity index (χ1v) is 5.90. The van der Waals surface area contributed by atoms with E-state index in [4.69, 9.17) is 5.11 Å². The average molecular weight is 244 g/mol. The molecule has 1 aromatic carbocycles. The van der Waals surface area contributed by atoms with Gasteiger partial charge in [0, 0.05) is 12.6 Å². The number of benzene rings is 1. The molecule has 0 spiro atoms. The molecule has 1 heterocycles. The molecule has 1 aromatic heterocycles. The third-order valence-electron chi connectivity index (χ3n) is 3.12. The second-order valence-corrected chi connectivity index (χ2v) is 4.34. The van der Waals surface area contributed by atoms with E-state index in [2.05, 4.69) is 31.1 Å². The summed E-state index contributed by atoms with van der Waals surface area (Å²) in [6, 6.07) is 7.75. The Hall–Kier alpha value is -2.10. The third kappa shape index (κ3) is 2.14. The van der Waals surface area contributed by atoms with Gasteiger partial charge in [0.2, 0.25) is 0 Å². The van der Waals surface area contributed by atoms with E-state index in [1.54, 1.807) is 17.8 Å². The molecular formula is C14H16N2O2. The van der Waals surface area contributed by atoms with Gasteiger partial charge in [-0.05, 0) is 36.6 Å². The molecule has 18 heavy (non-hydrogen) atoms. The maximum Gasteiger partial charge on any atom is 0.356 e. The van der Waals surface area contributed by atoms with Crippen molar-refractivity contribution in [3.8, 4) is 11.3 Å². The number of hydrogen-bond acceptors (Lipinski definition) is 2. The molecule has 0 unspecified atom stereocenters. The lowest BCUT2D eigenvalue weighted by Crippen LogP contribution is -1.99. The molecule has 0 saturated carbocycles. The van der Waals surface area contributed by atoms with E-state index < -0.39 is 5.97 Å². The quantitative estimate of drug-likeness (QED) is 0.903. The van der Waals surface area contributed by atoms with Crippen molar-refractivity contribution in [1.29, 1.82) is 0 Å². The van der Waals surface area contributed by atoms with Crippen molar-refractivity contribution in [3.05, 3.63) is 41.1 Å². The highest BCUT2D eigenvalue weighted by atomic mass is 16.4. The van der Waals surface area contributed by atoms with Gasteiger partial charge in [-0.25, -0.2) is 4.79 Å². The highest BCUT2D eigenvalue weighted by Crippen LogP contribution is 2.23. The second kappa shape index (κ2) is 4.64. The van der Waals surface area contributed by atoms with Gasteiger partial charge < -0.3 is 5.11 Å². The first-order chi connectivity index (χ1) is 8.52. The van der Waals surface area contributed by atoms with Crippen molar-refractivity contribution in [2.24, 2.45) is 7.05 Å². The van der Waals surface area contributed by atoms with E-state index in [-0.39, 0.29) is 5.69 Å². The molecule has 94 valence electrons. The molecule has 0 aliphatic rings. The summed E-state index contributed by atoms with van der Waals surface area (Å²) >= 11 is 0. The first-order valence-electron chi connectivity index (χ1n) is 5.90. The highest BCUT2D eigenvalue weighted by Gasteiger charge is 2.13. The summed E-state index contributed by atoms with van der Waals surface area (Å²) in [6.45, 7) is 4.19. The maximum absolute atomic E-state index is 10.9. The van der Waals surface area contributed by atoms with Crippen molar-refractivity contribution in [2.75, 3.05) is 0 Å². The van der Waals surface area contributed by atoms with Crippen molar-refractivity contribution in [3.63, 3.8) is 0 Å². The Balaban J connectivity index is 2.51. The molecule has 4 heteroatoms. The van der Waals surface area contributed by atoms with Gasteiger partial charge in [0.1, 0.15) is 0 Å². The zero-order valence-corrected chi connectivity index (χ0v) is 10.8. The number of aromatic nitrogens is 2. The van der Waals surface area contributed by atoms with E-state index >= 15 is 0 Å². The van der Waals surface area contributed by atoms with Crippen molar-refractivity contribution in [2.45, 2.75) is 20.3 Å². The summed E-state index contributed by atoms with van der Waals surface area (Å²) in [6.07, 6.45) is 0.962. The molecular weight excluding hydrogens is 228 g/mol. The molecule has 0 fully saturated rings. The van der Waals surface area contributed by atoms with Crippen molar-refractivity contribution in [1.82, 2.24) is 9.78 Å². The first kappa shape index (κ1) is 12.4. The van der Waals surface area contributed by atoms with Gasteiger partial charge in [-0.2, -0.15) is 5.10 Å². The number of aromatic carboxylic acids is 1. The predicted octanol–water partition coefficient (Wildman–Crippen LogP) is 2.66. The van der Waals surface area contributed by atoms with Gasteiger partial charge in [-0.3, -0.25) is 4.68 Å². The van der Waals surface area contributed by atoms with Crippen LogP contribution in [0.3, 0.4) is 0 Å². The number of nitrogens with zero attached hydrogens (tertiary/aromatic N) is 2. The molecule has 0 aliphatic carbocycles. The Morgan fingerprint density at radius 2 is 2.11 bits per heavy atom. The molecule has 0 bridgehead atoms. The lowest BCUT2D eigenvalue weighted by Gasteiger charge is -2.07.